The third kappa shape index (κ3) is 6.67. The van der Waals surface area contributed by atoms with Gasteiger partial charge in [0.05, 0.1) is 7.05 Å². The van der Waals surface area contributed by atoms with Crippen LogP contribution in [0.2, 0.25) is 0 Å². The number of carbonyl (C=O) groups excluding carboxylic acids is 1. The Morgan fingerprint density at radius 3 is 2.48 bits per heavy atom. The van der Waals surface area contributed by atoms with Gasteiger partial charge in [0.25, 0.3) is 5.91 Å². The maximum absolute atomic E-state index is 13.2. The Kier molecular flexibility index (Phi) is 7.14. The highest BCUT2D eigenvalue weighted by molar-refractivity contribution is 5.76. The van der Waals surface area contributed by atoms with Gasteiger partial charge < -0.3 is 10.2 Å². The Labute approximate surface area is 149 Å². The Hall–Kier alpha value is -2.20. The fraction of sp³-hybridized carbons (Fsp3) is 0.381. The van der Waals surface area contributed by atoms with Crippen LogP contribution in [0.15, 0.2) is 48.5 Å². The van der Waals surface area contributed by atoms with Crippen molar-refractivity contribution in [2.24, 2.45) is 0 Å². The molecule has 2 aromatic carbocycles. The summed E-state index contributed by atoms with van der Waals surface area (Å²) in [6.07, 6.45) is 0.826. The first-order chi connectivity index (χ1) is 11.9. The van der Waals surface area contributed by atoms with Crippen molar-refractivity contribution < 1.29 is 14.1 Å². The van der Waals surface area contributed by atoms with Crippen molar-refractivity contribution in [2.75, 3.05) is 20.1 Å². The van der Waals surface area contributed by atoms with Crippen LogP contribution in [0.1, 0.15) is 36.5 Å². The van der Waals surface area contributed by atoms with Gasteiger partial charge in [-0.25, -0.2) is 4.39 Å². The van der Waals surface area contributed by atoms with E-state index in [1.807, 2.05) is 13.1 Å². The molecule has 0 radical (unpaired) electrons. The lowest BCUT2D eigenvalue weighted by molar-refractivity contribution is -0.885. The van der Waals surface area contributed by atoms with E-state index in [1.165, 1.54) is 23.3 Å². The van der Waals surface area contributed by atoms with E-state index in [4.69, 9.17) is 0 Å². The van der Waals surface area contributed by atoms with Crippen LogP contribution in [0.3, 0.4) is 0 Å². The molecule has 1 atom stereocenters. The van der Waals surface area contributed by atoms with Gasteiger partial charge in [0.15, 0.2) is 6.54 Å². The van der Waals surface area contributed by atoms with E-state index in [0.29, 0.717) is 25.6 Å². The normalized spacial score (nSPS) is 12.2. The smallest absolute Gasteiger partial charge is 0.275 e. The first kappa shape index (κ1) is 19.1. The highest BCUT2D eigenvalue weighted by Gasteiger charge is 2.10. The molecular weight excluding hydrogens is 315 g/mol. The van der Waals surface area contributed by atoms with E-state index in [2.05, 4.69) is 43.4 Å². The Morgan fingerprint density at radius 1 is 1.12 bits per heavy atom. The maximum Gasteiger partial charge on any atom is 0.275 e. The molecule has 2 rings (SSSR count). The monoisotopic (exact) mass is 343 g/mol. The van der Waals surface area contributed by atoms with Gasteiger partial charge in [0.2, 0.25) is 0 Å². The maximum atomic E-state index is 13.2. The largest absolute Gasteiger partial charge is 0.351 e. The van der Waals surface area contributed by atoms with Crippen LogP contribution >= 0.6 is 0 Å². The summed E-state index contributed by atoms with van der Waals surface area (Å²) in [6, 6.07) is 15.1. The van der Waals surface area contributed by atoms with Crippen LogP contribution in [0.25, 0.3) is 0 Å². The zero-order valence-corrected chi connectivity index (χ0v) is 15.3. The molecule has 0 fully saturated rings. The third-order valence-corrected chi connectivity index (χ3v) is 4.24. The highest BCUT2D eigenvalue weighted by Crippen LogP contribution is 2.14. The van der Waals surface area contributed by atoms with Crippen molar-refractivity contribution in [2.45, 2.75) is 32.7 Å². The standard InChI is InChI=1S/C21H27FN2O/c1-16(2)19-9-7-17(8-10-19)11-12-23-21(25)15-24(3)14-18-5-4-6-20(22)13-18/h4-10,13,16H,11-12,14-15H2,1-3H3,(H,23,25)/p+1. The third-order valence-electron chi connectivity index (χ3n) is 4.24. The number of hydrogen-bond acceptors (Lipinski definition) is 1. The molecular formula is C21H28FN2O+. The second-order valence-corrected chi connectivity index (χ2v) is 6.94. The molecule has 0 saturated carbocycles. The molecule has 2 aromatic rings. The van der Waals surface area contributed by atoms with Crippen LogP contribution in [0.4, 0.5) is 4.39 Å². The Morgan fingerprint density at radius 2 is 1.84 bits per heavy atom. The second kappa shape index (κ2) is 9.33. The van der Waals surface area contributed by atoms with Crippen molar-refractivity contribution >= 4 is 5.91 Å². The summed E-state index contributed by atoms with van der Waals surface area (Å²) in [5.41, 5.74) is 3.45. The lowest BCUT2D eigenvalue weighted by Crippen LogP contribution is -3.08. The van der Waals surface area contributed by atoms with Gasteiger partial charge in [0.1, 0.15) is 12.4 Å². The fourth-order valence-corrected chi connectivity index (χ4v) is 2.81. The molecule has 134 valence electrons. The van der Waals surface area contributed by atoms with Crippen molar-refractivity contribution in [3.8, 4) is 0 Å². The minimum Gasteiger partial charge on any atom is -0.351 e. The van der Waals surface area contributed by atoms with Gasteiger partial charge in [-0.2, -0.15) is 0 Å². The van der Waals surface area contributed by atoms with Gasteiger partial charge in [-0.15, -0.1) is 0 Å². The summed E-state index contributed by atoms with van der Waals surface area (Å²) in [5, 5.41) is 2.96. The number of benzene rings is 2. The van der Waals surface area contributed by atoms with E-state index in [0.717, 1.165) is 16.9 Å². The number of carbonyl (C=O) groups is 1. The molecule has 2 N–H and O–H groups in total. The van der Waals surface area contributed by atoms with Crippen molar-refractivity contribution in [3.63, 3.8) is 0 Å². The summed E-state index contributed by atoms with van der Waals surface area (Å²) in [7, 11) is 1.94. The molecule has 4 heteroatoms. The summed E-state index contributed by atoms with van der Waals surface area (Å²) in [4.78, 5) is 13.1. The molecule has 25 heavy (non-hydrogen) atoms. The quantitative estimate of drug-likeness (QED) is 0.758. The number of likely N-dealkylation sites (N-methyl/N-ethyl adjacent to an activating group) is 1. The number of amides is 1. The average molecular weight is 343 g/mol. The SMILES string of the molecule is CC(C)c1ccc(CCNC(=O)C[NH+](C)Cc2cccc(F)c2)cc1. The van der Waals surface area contributed by atoms with Crippen LogP contribution in [-0.2, 0) is 17.8 Å². The lowest BCUT2D eigenvalue weighted by atomic mass is 10.0. The number of hydrogen-bond donors (Lipinski definition) is 2. The van der Waals surface area contributed by atoms with Crippen molar-refractivity contribution in [3.05, 3.63) is 71.0 Å². The molecule has 0 bridgehead atoms. The topological polar surface area (TPSA) is 33.5 Å². The van der Waals surface area contributed by atoms with Gasteiger partial charge in [0, 0.05) is 12.1 Å². The molecule has 0 heterocycles. The van der Waals surface area contributed by atoms with Crippen molar-refractivity contribution in [1.82, 2.24) is 5.32 Å². The van der Waals surface area contributed by atoms with Gasteiger partial charge in [-0.1, -0.05) is 50.2 Å². The van der Waals surface area contributed by atoms with Gasteiger partial charge in [-0.05, 0) is 35.6 Å². The first-order valence-electron chi connectivity index (χ1n) is 8.85. The van der Waals surface area contributed by atoms with Crippen LogP contribution < -0.4 is 10.2 Å². The molecule has 0 aliphatic heterocycles. The summed E-state index contributed by atoms with van der Waals surface area (Å²) >= 11 is 0. The Bertz CT molecular complexity index is 683. The van der Waals surface area contributed by atoms with Crippen LogP contribution in [0.5, 0.6) is 0 Å². The van der Waals surface area contributed by atoms with E-state index < -0.39 is 0 Å². The zero-order valence-electron chi connectivity index (χ0n) is 15.3. The summed E-state index contributed by atoms with van der Waals surface area (Å²) < 4.78 is 13.2. The van der Waals surface area contributed by atoms with Gasteiger partial charge >= 0.3 is 0 Å². The summed E-state index contributed by atoms with van der Waals surface area (Å²) in [5.74, 6) is 0.316. The van der Waals surface area contributed by atoms with Crippen LogP contribution in [0, 0.1) is 5.82 Å². The van der Waals surface area contributed by atoms with E-state index in [1.54, 1.807) is 6.07 Å². The van der Waals surface area contributed by atoms with E-state index in [9.17, 15) is 9.18 Å². The molecule has 0 aromatic heterocycles. The highest BCUT2D eigenvalue weighted by atomic mass is 19.1. The summed E-state index contributed by atoms with van der Waals surface area (Å²) in [6.45, 7) is 5.99. The number of nitrogens with one attached hydrogen (secondary N) is 2. The Balaban J connectivity index is 1.71. The number of quaternary nitrogens is 1. The predicted molar refractivity (Wildman–Crippen MR) is 99.1 cm³/mol. The number of rotatable bonds is 8. The lowest BCUT2D eigenvalue weighted by Gasteiger charge is -2.14. The van der Waals surface area contributed by atoms with Gasteiger partial charge in [-0.3, -0.25) is 4.79 Å². The molecule has 0 aliphatic carbocycles. The zero-order chi connectivity index (χ0) is 18.2. The molecule has 0 saturated heterocycles. The minimum atomic E-state index is -0.238. The average Bonchev–Trinajstić information content (AvgIpc) is 2.55. The van der Waals surface area contributed by atoms with E-state index in [-0.39, 0.29) is 11.7 Å². The molecule has 0 spiro atoms. The number of halogens is 1. The molecule has 3 nitrogen and oxygen atoms in total. The predicted octanol–water partition coefficient (Wildman–Crippen LogP) is 2.32. The van der Waals surface area contributed by atoms with Crippen LogP contribution in [-0.4, -0.2) is 26.0 Å². The molecule has 1 unspecified atom stereocenters. The molecule has 0 aliphatic rings. The second-order valence-electron chi connectivity index (χ2n) is 6.94. The van der Waals surface area contributed by atoms with E-state index >= 15 is 0 Å². The molecule has 1 amide bonds. The first-order valence-corrected chi connectivity index (χ1v) is 8.85. The van der Waals surface area contributed by atoms with Crippen molar-refractivity contribution in [1.29, 1.82) is 0 Å². The fourth-order valence-electron chi connectivity index (χ4n) is 2.81. The minimum absolute atomic E-state index is 0.0210.